The first-order valence-corrected chi connectivity index (χ1v) is 9.31. The predicted molar refractivity (Wildman–Crippen MR) is 104 cm³/mol. The van der Waals surface area contributed by atoms with Crippen LogP contribution in [0.25, 0.3) is 11.3 Å². The Kier molecular flexibility index (Phi) is 4.65. The molecule has 1 aromatic heterocycles. The number of rotatable bonds is 5. The maximum Gasteiger partial charge on any atom is 0.325 e. The lowest BCUT2D eigenvalue weighted by molar-refractivity contribution is -0.132. The van der Waals surface area contributed by atoms with Crippen molar-refractivity contribution in [3.63, 3.8) is 0 Å². The first-order valence-electron chi connectivity index (χ1n) is 8.94. The minimum Gasteiger partial charge on any atom is -0.439 e. The van der Waals surface area contributed by atoms with Crippen molar-refractivity contribution in [1.29, 1.82) is 0 Å². The third-order valence-electron chi connectivity index (χ3n) is 4.95. The molecule has 2 heterocycles. The summed E-state index contributed by atoms with van der Waals surface area (Å²) >= 11 is 5.91. The van der Waals surface area contributed by atoms with Gasteiger partial charge in [-0.15, -0.1) is 0 Å². The highest BCUT2D eigenvalue weighted by Crippen LogP contribution is 2.33. The van der Waals surface area contributed by atoms with Crippen molar-refractivity contribution >= 4 is 23.5 Å². The molecule has 1 N–H and O–H groups in total. The van der Waals surface area contributed by atoms with E-state index < -0.39 is 11.6 Å². The second-order valence-electron chi connectivity index (χ2n) is 6.57. The molecule has 0 radical (unpaired) electrons. The molecule has 1 saturated heterocycles. The molecule has 28 heavy (non-hydrogen) atoms. The van der Waals surface area contributed by atoms with Crippen molar-refractivity contribution < 1.29 is 14.0 Å². The van der Waals surface area contributed by atoms with Gasteiger partial charge in [-0.25, -0.2) is 9.78 Å². The number of amides is 3. The van der Waals surface area contributed by atoms with Crippen LogP contribution < -0.4 is 5.32 Å². The fourth-order valence-electron chi connectivity index (χ4n) is 3.40. The Bertz CT molecular complexity index is 1020. The molecular formula is C21H18ClN3O3. The average Bonchev–Trinajstić information content (AvgIpc) is 3.28. The van der Waals surface area contributed by atoms with Crippen molar-refractivity contribution in [3.05, 3.63) is 77.3 Å². The van der Waals surface area contributed by atoms with Gasteiger partial charge >= 0.3 is 6.03 Å². The fourth-order valence-corrected chi connectivity index (χ4v) is 3.52. The number of carbonyl (C=O) groups excluding carboxylic acids is 2. The SMILES string of the molecule is CCC1(c2ccccc2)NC(=O)N(Cc2ncc(-c3ccc(Cl)cc3)o2)C1=O. The number of hydrogen-bond acceptors (Lipinski definition) is 4. The van der Waals surface area contributed by atoms with Gasteiger partial charge in [0.05, 0.1) is 6.20 Å². The van der Waals surface area contributed by atoms with Gasteiger partial charge in [-0.2, -0.15) is 0 Å². The van der Waals surface area contributed by atoms with Gasteiger partial charge in [-0.1, -0.05) is 48.9 Å². The summed E-state index contributed by atoms with van der Waals surface area (Å²) in [7, 11) is 0. The monoisotopic (exact) mass is 395 g/mol. The van der Waals surface area contributed by atoms with E-state index in [0.717, 1.165) is 16.0 Å². The lowest BCUT2D eigenvalue weighted by Crippen LogP contribution is -2.43. The van der Waals surface area contributed by atoms with Gasteiger partial charge in [0, 0.05) is 10.6 Å². The topological polar surface area (TPSA) is 75.4 Å². The number of halogens is 1. The number of nitrogens with zero attached hydrogens (tertiary/aromatic N) is 2. The van der Waals surface area contributed by atoms with E-state index >= 15 is 0 Å². The highest BCUT2D eigenvalue weighted by molar-refractivity contribution is 6.30. The molecule has 1 atom stereocenters. The number of hydrogen-bond donors (Lipinski definition) is 1. The number of carbonyl (C=O) groups is 2. The number of imide groups is 1. The molecule has 3 amide bonds. The van der Waals surface area contributed by atoms with E-state index in [-0.39, 0.29) is 18.3 Å². The second-order valence-corrected chi connectivity index (χ2v) is 7.01. The quantitative estimate of drug-likeness (QED) is 0.651. The Morgan fingerprint density at radius 3 is 2.50 bits per heavy atom. The molecule has 3 aromatic rings. The van der Waals surface area contributed by atoms with Crippen LogP contribution in [0.2, 0.25) is 5.02 Å². The molecule has 1 fully saturated rings. The van der Waals surface area contributed by atoms with Crippen LogP contribution >= 0.6 is 11.6 Å². The second kappa shape index (κ2) is 7.13. The smallest absolute Gasteiger partial charge is 0.325 e. The van der Waals surface area contributed by atoms with Gasteiger partial charge < -0.3 is 9.73 Å². The van der Waals surface area contributed by atoms with Crippen LogP contribution in [-0.4, -0.2) is 21.8 Å². The van der Waals surface area contributed by atoms with Gasteiger partial charge in [-0.05, 0) is 36.2 Å². The van der Waals surface area contributed by atoms with Gasteiger partial charge in [0.15, 0.2) is 5.76 Å². The lowest BCUT2D eigenvalue weighted by Gasteiger charge is -2.25. The van der Waals surface area contributed by atoms with Gasteiger partial charge in [0.1, 0.15) is 12.1 Å². The van der Waals surface area contributed by atoms with Crippen molar-refractivity contribution in [2.75, 3.05) is 0 Å². The third kappa shape index (κ3) is 3.05. The lowest BCUT2D eigenvalue weighted by atomic mass is 9.87. The van der Waals surface area contributed by atoms with Crippen molar-refractivity contribution in [2.45, 2.75) is 25.4 Å². The molecule has 7 heteroatoms. The highest BCUT2D eigenvalue weighted by Gasteiger charge is 2.51. The largest absolute Gasteiger partial charge is 0.439 e. The number of oxazole rings is 1. The van der Waals surface area contributed by atoms with Gasteiger partial charge in [0.25, 0.3) is 5.91 Å². The summed E-state index contributed by atoms with van der Waals surface area (Å²) in [6, 6.07) is 15.9. The number of nitrogens with one attached hydrogen (secondary N) is 1. The van der Waals surface area contributed by atoms with E-state index in [1.165, 1.54) is 0 Å². The summed E-state index contributed by atoms with van der Waals surface area (Å²) in [6.45, 7) is 1.84. The predicted octanol–water partition coefficient (Wildman–Crippen LogP) is 4.35. The Hall–Kier alpha value is -3.12. The maximum atomic E-state index is 13.1. The molecule has 0 spiro atoms. The van der Waals surface area contributed by atoms with E-state index in [1.807, 2.05) is 49.4 Å². The van der Waals surface area contributed by atoms with E-state index in [0.29, 0.717) is 17.2 Å². The minimum atomic E-state index is -1.07. The van der Waals surface area contributed by atoms with Crippen LogP contribution in [0.15, 0.2) is 65.2 Å². The first kappa shape index (κ1) is 18.3. The molecule has 0 bridgehead atoms. The molecule has 6 nitrogen and oxygen atoms in total. The van der Waals surface area contributed by atoms with E-state index in [1.54, 1.807) is 18.3 Å². The van der Waals surface area contributed by atoms with Crippen LogP contribution in [0, 0.1) is 0 Å². The Morgan fingerprint density at radius 1 is 1.11 bits per heavy atom. The molecule has 0 aliphatic carbocycles. The minimum absolute atomic E-state index is 0.0349. The standard InChI is InChI=1S/C21H18ClN3O3/c1-2-21(15-6-4-3-5-7-15)19(26)25(20(27)24-21)13-18-23-12-17(28-18)14-8-10-16(22)11-9-14/h3-12H,2,13H2,1H3,(H,24,27). The van der Waals surface area contributed by atoms with Gasteiger partial charge in [-0.3, -0.25) is 9.69 Å². The zero-order valence-electron chi connectivity index (χ0n) is 15.2. The molecule has 4 rings (SSSR count). The van der Waals surface area contributed by atoms with E-state index in [4.69, 9.17) is 16.0 Å². The molecule has 1 unspecified atom stereocenters. The van der Waals surface area contributed by atoms with Crippen LogP contribution in [0.5, 0.6) is 0 Å². The number of urea groups is 1. The molecule has 1 aliphatic rings. The summed E-state index contributed by atoms with van der Waals surface area (Å²) in [6.07, 6.45) is 2.01. The maximum absolute atomic E-state index is 13.1. The Balaban J connectivity index is 1.58. The number of aromatic nitrogens is 1. The summed E-state index contributed by atoms with van der Waals surface area (Å²) in [5.41, 5.74) is 0.504. The Labute approximate surface area is 167 Å². The zero-order valence-corrected chi connectivity index (χ0v) is 15.9. The summed E-state index contributed by atoms with van der Waals surface area (Å²) < 4.78 is 5.75. The number of benzene rings is 2. The molecule has 0 saturated carbocycles. The third-order valence-corrected chi connectivity index (χ3v) is 5.20. The highest BCUT2D eigenvalue weighted by atomic mass is 35.5. The van der Waals surface area contributed by atoms with Crippen LogP contribution in [0.4, 0.5) is 4.79 Å². The van der Waals surface area contributed by atoms with Crippen LogP contribution in [0.1, 0.15) is 24.8 Å². The van der Waals surface area contributed by atoms with Gasteiger partial charge in [0.2, 0.25) is 5.89 Å². The van der Waals surface area contributed by atoms with Crippen LogP contribution in [-0.2, 0) is 16.9 Å². The zero-order chi connectivity index (χ0) is 19.7. The van der Waals surface area contributed by atoms with Crippen molar-refractivity contribution in [2.24, 2.45) is 0 Å². The van der Waals surface area contributed by atoms with E-state index in [9.17, 15) is 9.59 Å². The molecule has 2 aromatic carbocycles. The van der Waals surface area contributed by atoms with E-state index in [2.05, 4.69) is 10.3 Å². The Morgan fingerprint density at radius 2 is 1.82 bits per heavy atom. The fraction of sp³-hybridized carbons (Fsp3) is 0.190. The molecule has 1 aliphatic heterocycles. The summed E-state index contributed by atoms with van der Waals surface area (Å²) in [5, 5.41) is 3.48. The molecule has 142 valence electrons. The first-order chi connectivity index (χ1) is 13.5. The summed E-state index contributed by atoms with van der Waals surface area (Å²) in [5.74, 6) is 0.523. The van der Waals surface area contributed by atoms with Crippen molar-refractivity contribution in [3.8, 4) is 11.3 Å². The normalized spacial score (nSPS) is 19.1. The molecular weight excluding hydrogens is 378 g/mol. The van der Waals surface area contributed by atoms with Crippen LogP contribution in [0.3, 0.4) is 0 Å². The summed E-state index contributed by atoms with van der Waals surface area (Å²) in [4.78, 5) is 31.1. The van der Waals surface area contributed by atoms with Crippen molar-refractivity contribution in [1.82, 2.24) is 15.2 Å². The average molecular weight is 396 g/mol.